The fraction of sp³-hybridized carbons (Fsp3) is 0.300. The van der Waals surface area contributed by atoms with Crippen molar-refractivity contribution < 1.29 is 29.0 Å². The van der Waals surface area contributed by atoms with Gasteiger partial charge < -0.3 is 25.4 Å². The van der Waals surface area contributed by atoms with Crippen LogP contribution in [0.4, 0.5) is 0 Å². The second-order valence-electron chi connectivity index (χ2n) is 3.94. The molecule has 8 heteroatoms. The van der Waals surface area contributed by atoms with Crippen molar-refractivity contribution in [3.05, 3.63) is 23.8 Å². The van der Waals surface area contributed by atoms with Gasteiger partial charge in [0.1, 0.15) is 16.6 Å². The number of methoxy groups -OCH3 is 1. The van der Waals surface area contributed by atoms with Gasteiger partial charge in [-0.2, -0.15) is 0 Å². The van der Waals surface area contributed by atoms with Crippen LogP contribution in [0.1, 0.15) is 12.5 Å². The number of ether oxygens (including phenoxy) is 1. The summed E-state index contributed by atoms with van der Waals surface area (Å²) in [5.74, 6) is -1.35. The highest BCUT2D eigenvalue weighted by atomic mass is 31.2. The fourth-order valence-electron chi connectivity index (χ4n) is 1.36. The molecule has 0 spiro atoms. The Kier molecular flexibility index (Phi) is 3.83. The Labute approximate surface area is 103 Å². The van der Waals surface area contributed by atoms with E-state index in [4.69, 9.17) is 25.4 Å². The molecule has 0 aliphatic rings. The van der Waals surface area contributed by atoms with Crippen LogP contribution in [0, 0.1) is 0 Å². The number of nitrogens with two attached hydrogens (primary N) is 1. The number of hydrogen-bond donors (Lipinski definition) is 4. The molecular formula is C10H14NO6P. The Morgan fingerprint density at radius 1 is 1.44 bits per heavy atom. The standard InChI is InChI=1S/C10H14NO6P/c1-10(11,9(12)13)6-3-4-8(18(14,15)16)7(5-6)17-2/h3-5H,11H2,1-2H3,(H,12,13)(H2,14,15,16). The smallest absolute Gasteiger partial charge is 0.359 e. The first-order chi connectivity index (χ1) is 8.10. The molecule has 7 nitrogen and oxygen atoms in total. The van der Waals surface area contributed by atoms with E-state index < -0.39 is 19.1 Å². The van der Waals surface area contributed by atoms with Gasteiger partial charge in [-0.3, -0.25) is 4.57 Å². The van der Waals surface area contributed by atoms with E-state index in [9.17, 15) is 9.36 Å². The Morgan fingerprint density at radius 2 is 2.00 bits per heavy atom. The van der Waals surface area contributed by atoms with Crippen molar-refractivity contribution >= 4 is 18.9 Å². The number of carboxylic acids is 1. The van der Waals surface area contributed by atoms with Crippen LogP contribution in [0.2, 0.25) is 0 Å². The summed E-state index contributed by atoms with van der Waals surface area (Å²) >= 11 is 0. The molecule has 0 aliphatic heterocycles. The third-order valence-electron chi connectivity index (χ3n) is 2.54. The monoisotopic (exact) mass is 275 g/mol. The van der Waals surface area contributed by atoms with Gasteiger partial charge in [-0.05, 0) is 24.6 Å². The summed E-state index contributed by atoms with van der Waals surface area (Å²) in [6.07, 6.45) is 0. The molecule has 0 fully saturated rings. The van der Waals surface area contributed by atoms with E-state index in [1.54, 1.807) is 0 Å². The number of aliphatic carboxylic acids is 1. The molecular weight excluding hydrogens is 261 g/mol. The zero-order valence-electron chi connectivity index (χ0n) is 9.82. The van der Waals surface area contributed by atoms with Crippen LogP contribution in [-0.4, -0.2) is 28.0 Å². The molecule has 1 atom stereocenters. The topological polar surface area (TPSA) is 130 Å². The van der Waals surface area contributed by atoms with E-state index in [0.717, 1.165) is 6.07 Å². The lowest BCUT2D eigenvalue weighted by molar-refractivity contribution is -0.143. The number of rotatable bonds is 4. The van der Waals surface area contributed by atoms with Crippen molar-refractivity contribution in [2.24, 2.45) is 5.73 Å². The summed E-state index contributed by atoms with van der Waals surface area (Å²) in [5, 5.41) is 8.66. The molecule has 0 heterocycles. The summed E-state index contributed by atoms with van der Waals surface area (Å²) in [6, 6.07) is 3.58. The average Bonchev–Trinajstić information content (AvgIpc) is 2.26. The lowest BCUT2D eigenvalue weighted by atomic mass is 9.93. The van der Waals surface area contributed by atoms with Gasteiger partial charge in [-0.1, -0.05) is 6.07 Å². The Morgan fingerprint density at radius 3 is 2.39 bits per heavy atom. The maximum Gasteiger partial charge on any atom is 0.359 e. The molecule has 0 amide bonds. The molecule has 0 saturated carbocycles. The molecule has 100 valence electrons. The highest BCUT2D eigenvalue weighted by Crippen LogP contribution is 2.38. The molecule has 18 heavy (non-hydrogen) atoms. The molecule has 1 aromatic rings. The largest absolute Gasteiger partial charge is 0.496 e. The fourth-order valence-corrected chi connectivity index (χ4v) is 2.08. The maximum atomic E-state index is 11.2. The molecule has 0 aliphatic carbocycles. The summed E-state index contributed by atoms with van der Waals surface area (Å²) in [7, 11) is -3.25. The second kappa shape index (κ2) is 4.70. The summed E-state index contributed by atoms with van der Waals surface area (Å²) in [5.41, 5.74) is 4.13. The SMILES string of the molecule is COc1cc(C(C)(N)C(=O)O)ccc1P(=O)(O)O. The molecule has 1 aromatic carbocycles. The number of carboxylic acid groups (broad SMARTS) is 1. The maximum absolute atomic E-state index is 11.2. The van der Waals surface area contributed by atoms with E-state index >= 15 is 0 Å². The van der Waals surface area contributed by atoms with Gasteiger partial charge in [0.15, 0.2) is 0 Å². The van der Waals surface area contributed by atoms with Gasteiger partial charge in [0.05, 0.1) is 7.11 Å². The van der Waals surface area contributed by atoms with Crippen molar-refractivity contribution in [1.82, 2.24) is 0 Å². The van der Waals surface area contributed by atoms with Crippen molar-refractivity contribution in [3.63, 3.8) is 0 Å². The van der Waals surface area contributed by atoms with Crippen molar-refractivity contribution in [2.45, 2.75) is 12.5 Å². The average molecular weight is 275 g/mol. The number of benzene rings is 1. The van der Waals surface area contributed by atoms with Gasteiger partial charge in [-0.15, -0.1) is 0 Å². The summed E-state index contributed by atoms with van der Waals surface area (Å²) < 4.78 is 16.0. The van der Waals surface area contributed by atoms with Gasteiger partial charge >= 0.3 is 13.6 Å². The summed E-state index contributed by atoms with van der Waals surface area (Å²) in [6.45, 7) is 1.28. The Bertz CT molecular complexity index is 521. The van der Waals surface area contributed by atoms with E-state index in [0.29, 0.717) is 0 Å². The van der Waals surface area contributed by atoms with Crippen LogP contribution in [0.5, 0.6) is 5.75 Å². The van der Waals surface area contributed by atoms with Gasteiger partial charge in [0.2, 0.25) is 0 Å². The first kappa shape index (κ1) is 14.7. The lowest BCUT2D eigenvalue weighted by Gasteiger charge is -2.21. The highest BCUT2D eigenvalue weighted by molar-refractivity contribution is 7.60. The number of carbonyl (C=O) groups is 1. The van der Waals surface area contributed by atoms with E-state index in [2.05, 4.69) is 0 Å². The van der Waals surface area contributed by atoms with Gasteiger partial charge in [0.25, 0.3) is 0 Å². The van der Waals surface area contributed by atoms with E-state index in [1.807, 2.05) is 0 Å². The molecule has 0 radical (unpaired) electrons. The van der Waals surface area contributed by atoms with Crippen molar-refractivity contribution in [2.75, 3.05) is 7.11 Å². The highest BCUT2D eigenvalue weighted by Gasteiger charge is 2.32. The zero-order valence-corrected chi connectivity index (χ0v) is 10.7. The first-order valence-electron chi connectivity index (χ1n) is 4.87. The van der Waals surface area contributed by atoms with E-state index in [1.165, 1.54) is 26.2 Å². The van der Waals surface area contributed by atoms with Gasteiger partial charge in [0, 0.05) is 0 Å². The van der Waals surface area contributed by atoms with Crippen LogP contribution < -0.4 is 15.8 Å². The van der Waals surface area contributed by atoms with Crippen LogP contribution in [-0.2, 0) is 14.9 Å². The minimum Gasteiger partial charge on any atom is -0.496 e. The van der Waals surface area contributed by atoms with E-state index in [-0.39, 0.29) is 16.6 Å². The summed E-state index contributed by atoms with van der Waals surface area (Å²) in [4.78, 5) is 29.2. The lowest BCUT2D eigenvalue weighted by Crippen LogP contribution is -2.41. The van der Waals surface area contributed by atoms with Crippen LogP contribution in [0.25, 0.3) is 0 Å². The van der Waals surface area contributed by atoms with Crippen molar-refractivity contribution in [1.29, 1.82) is 0 Å². The minimum atomic E-state index is -4.48. The van der Waals surface area contributed by atoms with Crippen molar-refractivity contribution in [3.8, 4) is 5.75 Å². The molecule has 5 N–H and O–H groups in total. The van der Waals surface area contributed by atoms with Crippen LogP contribution in [0.15, 0.2) is 18.2 Å². The molecule has 1 unspecified atom stereocenters. The first-order valence-corrected chi connectivity index (χ1v) is 6.49. The third kappa shape index (κ3) is 2.70. The molecule has 0 saturated heterocycles. The zero-order chi connectivity index (χ0) is 14.1. The third-order valence-corrected chi connectivity index (χ3v) is 3.53. The Balaban J connectivity index is 3.40. The Hall–Kier alpha value is -1.40. The molecule has 0 bridgehead atoms. The minimum absolute atomic E-state index is 0.0984. The van der Waals surface area contributed by atoms with Crippen LogP contribution >= 0.6 is 7.60 Å². The molecule has 1 rings (SSSR count). The van der Waals surface area contributed by atoms with Crippen LogP contribution in [0.3, 0.4) is 0 Å². The molecule has 0 aromatic heterocycles. The normalized spacial score (nSPS) is 14.9. The number of hydrogen-bond acceptors (Lipinski definition) is 4. The predicted molar refractivity (Wildman–Crippen MR) is 63.8 cm³/mol. The second-order valence-corrected chi connectivity index (χ2v) is 5.51. The predicted octanol–water partition coefficient (Wildman–Crippen LogP) is -0.243. The quantitative estimate of drug-likeness (QED) is 0.557. The van der Waals surface area contributed by atoms with Gasteiger partial charge in [-0.25, -0.2) is 4.79 Å².